The highest BCUT2D eigenvalue weighted by Crippen LogP contribution is 2.28. The van der Waals surface area contributed by atoms with Crippen molar-refractivity contribution in [1.82, 2.24) is 0 Å². The lowest BCUT2D eigenvalue weighted by molar-refractivity contribution is -0.136. The molecular weight excluding hydrogens is 184 g/mol. The van der Waals surface area contributed by atoms with Crippen LogP contribution in [0.15, 0.2) is 17.0 Å². The molecule has 0 saturated heterocycles. The highest BCUT2D eigenvalue weighted by atomic mass is 32.1. The molecule has 3 heteroatoms. The van der Waals surface area contributed by atoms with Crippen molar-refractivity contribution >= 4 is 23.4 Å². The van der Waals surface area contributed by atoms with Gasteiger partial charge in [-0.1, -0.05) is 0 Å². The quantitative estimate of drug-likeness (QED) is 0.641. The Labute approximate surface area is 80.8 Å². The van der Waals surface area contributed by atoms with Gasteiger partial charge >= 0.3 is 5.97 Å². The van der Waals surface area contributed by atoms with Crippen LogP contribution in [0.3, 0.4) is 0 Å². The number of fused-ring (bicyclic) bond motifs is 1. The van der Waals surface area contributed by atoms with Gasteiger partial charge in [0.05, 0.1) is 7.11 Å². The van der Waals surface area contributed by atoms with Crippen LogP contribution in [0.4, 0.5) is 0 Å². The summed E-state index contributed by atoms with van der Waals surface area (Å²) in [5.41, 5.74) is 2.13. The van der Waals surface area contributed by atoms with Crippen LogP contribution in [0.25, 0.3) is 6.08 Å². The molecule has 1 aliphatic carbocycles. The lowest BCUT2D eigenvalue weighted by Gasteiger charge is -2.10. The maximum absolute atomic E-state index is 11.2. The van der Waals surface area contributed by atoms with Crippen molar-refractivity contribution in [3.8, 4) is 0 Å². The summed E-state index contributed by atoms with van der Waals surface area (Å²) < 4.78 is 4.68. The predicted molar refractivity (Wildman–Crippen MR) is 52.6 cm³/mol. The molecule has 0 saturated carbocycles. The van der Waals surface area contributed by atoms with Gasteiger partial charge in [0.2, 0.25) is 0 Å². The van der Waals surface area contributed by atoms with E-state index in [1.165, 1.54) is 17.6 Å². The Balaban J connectivity index is 2.32. The number of carbonyl (C=O) groups excluding carboxylic acids is 1. The third kappa shape index (κ3) is 1.52. The Morgan fingerprint density at radius 1 is 1.54 bits per heavy atom. The summed E-state index contributed by atoms with van der Waals surface area (Å²) in [6.45, 7) is 0. The summed E-state index contributed by atoms with van der Waals surface area (Å²) in [5.74, 6) is -0.195. The van der Waals surface area contributed by atoms with Gasteiger partial charge in [-0.25, -0.2) is 4.79 Å². The second-order valence-corrected chi connectivity index (χ2v) is 3.92. The number of methoxy groups -OCH3 is 1. The monoisotopic (exact) mass is 194 g/mol. The smallest absolute Gasteiger partial charge is 0.333 e. The molecule has 0 fully saturated rings. The van der Waals surface area contributed by atoms with E-state index < -0.39 is 0 Å². The Bertz CT molecular complexity index is 363. The van der Waals surface area contributed by atoms with Crippen LogP contribution < -0.4 is 0 Å². The van der Waals surface area contributed by atoms with Gasteiger partial charge in [0.25, 0.3) is 0 Å². The Hall–Kier alpha value is -1.09. The van der Waals surface area contributed by atoms with Gasteiger partial charge < -0.3 is 4.74 Å². The van der Waals surface area contributed by atoms with Crippen LogP contribution in [-0.4, -0.2) is 13.1 Å². The summed E-state index contributed by atoms with van der Waals surface area (Å²) in [7, 11) is 1.42. The molecule has 1 aliphatic rings. The number of rotatable bonds is 1. The van der Waals surface area contributed by atoms with Crippen LogP contribution in [0.1, 0.15) is 16.9 Å². The number of carbonyl (C=O) groups is 1. The standard InChI is InChI=1S/C10H10O2S/c1-12-10(11)8-3-2-7-4-5-13-9(7)6-8/h4-6H,2-3H2,1H3. The van der Waals surface area contributed by atoms with Gasteiger partial charge in [-0.05, 0) is 35.9 Å². The largest absolute Gasteiger partial charge is 0.466 e. The van der Waals surface area contributed by atoms with Crippen LogP contribution in [0.5, 0.6) is 0 Å². The van der Waals surface area contributed by atoms with E-state index in [0.717, 1.165) is 18.4 Å². The second kappa shape index (κ2) is 3.34. The van der Waals surface area contributed by atoms with E-state index in [9.17, 15) is 4.79 Å². The van der Waals surface area contributed by atoms with Crippen LogP contribution in [0.2, 0.25) is 0 Å². The van der Waals surface area contributed by atoms with Crippen LogP contribution in [-0.2, 0) is 16.0 Å². The molecule has 0 bridgehead atoms. The molecule has 0 atom stereocenters. The molecule has 1 aromatic rings. The van der Waals surface area contributed by atoms with Crippen molar-refractivity contribution in [2.75, 3.05) is 7.11 Å². The van der Waals surface area contributed by atoms with Crippen molar-refractivity contribution in [2.24, 2.45) is 0 Å². The maximum atomic E-state index is 11.2. The van der Waals surface area contributed by atoms with Gasteiger partial charge in [0.1, 0.15) is 0 Å². The molecule has 68 valence electrons. The maximum Gasteiger partial charge on any atom is 0.333 e. The molecule has 1 heterocycles. The molecule has 0 spiro atoms. The fraction of sp³-hybridized carbons (Fsp3) is 0.300. The Morgan fingerprint density at radius 2 is 2.38 bits per heavy atom. The van der Waals surface area contributed by atoms with Gasteiger partial charge in [0, 0.05) is 10.5 Å². The zero-order valence-electron chi connectivity index (χ0n) is 7.37. The molecule has 0 amide bonds. The molecule has 0 aliphatic heterocycles. The zero-order valence-corrected chi connectivity index (χ0v) is 8.19. The molecule has 2 rings (SSSR count). The number of esters is 1. The predicted octanol–water partition coefficient (Wildman–Crippen LogP) is 2.25. The average Bonchev–Trinajstić information content (AvgIpc) is 2.63. The summed E-state index contributed by atoms with van der Waals surface area (Å²) in [4.78, 5) is 12.4. The molecule has 1 aromatic heterocycles. The first-order valence-electron chi connectivity index (χ1n) is 4.16. The van der Waals surface area contributed by atoms with Crippen LogP contribution in [0, 0.1) is 0 Å². The fourth-order valence-electron chi connectivity index (χ4n) is 1.47. The van der Waals surface area contributed by atoms with Crippen LogP contribution >= 0.6 is 11.3 Å². The number of ether oxygens (including phenoxy) is 1. The van der Waals surface area contributed by atoms with E-state index in [1.54, 1.807) is 11.3 Å². The highest BCUT2D eigenvalue weighted by Gasteiger charge is 2.16. The summed E-state index contributed by atoms with van der Waals surface area (Å²) >= 11 is 1.67. The normalized spacial score (nSPS) is 14.7. The zero-order chi connectivity index (χ0) is 9.26. The summed E-state index contributed by atoms with van der Waals surface area (Å²) in [6, 6.07) is 2.12. The average molecular weight is 194 g/mol. The van der Waals surface area contributed by atoms with E-state index in [0.29, 0.717) is 0 Å². The molecule has 0 aromatic carbocycles. The second-order valence-electron chi connectivity index (χ2n) is 2.97. The van der Waals surface area contributed by atoms with E-state index >= 15 is 0 Å². The first kappa shape index (κ1) is 8.51. The van der Waals surface area contributed by atoms with E-state index in [-0.39, 0.29) is 5.97 Å². The summed E-state index contributed by atoms with van der Waals surface area (Å²) in [6.07, 6.45) is 3.70. The van der Waals surface area contributed by atoms with Crippen molar-refractivity contribution in [3.63, 3.8) is 0 Å². The molecule has 0 unspecified atom stereocenters. The highest BCUT2D eigenvalue weighted by molar-refractivity contribution is 7.11. The first-order chi connectivity index (χ1) is 6.31. The van der Waals surface area contributed by atoms with Crippen molar-refractivity contribution in [3.05, 3.63) is 27.5 Å². The van der Waals surface area contributed by atoms with Crippen molar-refractivity contribution in [1.29, 1.82) is 0 Å². The molecule has 0 N–H and O–H groups in total. The van der Waals surface area contributed by atoms with E-state index in [2.05, 4.69) is 16.2 Å². The van der Waals surface area contributed by atoms with Crippen molar-refractivity contribution < 1.29 is 9.53 Å². The molecule has 0 radical (unpaired) electrons. The minimum absolute atomic E-state index is 0.195. The number of hydrogen-bond acceptors (Lipinski definition) is 3. The number of hydrogen-bond donors (Lipinski definition) is 0. The van der Waals surface area contributed by atoms with Crippen molar-refractivity contribution in [2.45, 2.75) is 12.8 Å². The molecular formula is C10H10O2S. The first-order valence-corrected chi connectivity index (χ1v) is 5.04. The Kier molecular flexibility index (Phi) is 2.19. The number of thiophene rings is 1. The SMILES string of the molecule is COC(=O)C1=Cc2sccc2CC1. The molecule has 13 heavy (non-hydrogen) atoms. The van der Waals surface area contributed by atoms with Gasteiger partial charge in [-0.3, -0.25) is 0 Å². The molecule has 2 nitrogen and oxygen atoms in total. The van der Waals surface area contributed by atoms with Gasteiger partial charge in [-0.15, -0.1) is 11.3 Å². The Morgan fingerprint density at radius 3 is 3.15 bits per heavy atom. The van der Waals surface area contributed by atoms with E-state index in [1.807, 2.05) is 6.08 Å². The van der Waals surface area contributed by atoms with E-state index in [4.69, 9.17) is 0 Å². The lowest BCUT2D eigenvalue weighted by atomic mass is 9.99. The van der Waals surface area contributed by atoms with Gasteiger partial charge in [0.15, 0.2) is 0 Å². The van der Waals surface area contributed by atoms with Gasteiger partial charge in [-0.2, -0.15) is 0 Å². The summed E-state index contributed by atoms with van der Waals surface area (Å²) in [5, 5.41) is 2.06. The fourth-order valence-corrected chi connectivity index (χ4v) is 2.38. The third-order valence-corrected chi connectivity index (χ3v) is 3.10. The number of aryl methyl sites for hydroxylation is 1. The minimum atomic E-state index is -0.195. The lowest BCUT2D eigenvalue weighted by Crippen LogP contribution is -2.08. The third-order valence-electron chi connectivity index (χ3n) is 2.20. The topological polar surface area (TPSA) is 26.3 Å². The minimum Gasteiger partial charge on any atom is -0.466 e.